The summed E-state index contributed by atoms with van der Waals surface area (Å²) in [5.74, 6) is -1.09. The molecule has 1 aliphatic carbocycles. The van der Waals surface area contributed by atoms with Crippen molar-refractivity contribution < 1.29 is 9.59 Å². The van der Waals surface area contributed by atoms with Crippen LogP contribution in [0.25, 0.3) is 0 Å². The van der Waals surface area contributed by atoms with Crippen LogP contribution in [-0.2, 0) is 7.05 Å². The fourth-order valence-corrected chi connectivity index (χ4v) is 1.94. The maximum Gasteiger partial charge on any atom is 0.225 e. The molecule has 0 amide bonds. The minimum absolute atomic E-state index is 0.114. The number of nitrogens with zero attached hydrogens (tertiary/aromatic N) is 4. The van der Waals surface area contributed by atoms with Gasteiger partial charge in [-0.1, -0.05) is 11.6 Å². The van der Waals surface area contributed by atoms with Crippen molar-refractivity contribution in [1.82, 2.24) is 14.8 Å². The summed E-state index contributed by atoms with van der Waals surface area (Å²) in [5, 5.41) is 6.79. The van der Waals surface area contributed by atoms with E-state index in [0.29, 0.717) is 0 Å². The Kier molecular flexibility index (Phi) is 2.55. The van der Waals surface area contributed by atoms with Gasteiger partial charge < -0.3 is 0 Å². The molecule has 0 saturated carbocycles. The number of nitroso groups, excluding NO2 is 1. The van der Waals surface area contributed by atoms with Crippen LogP contribution in [0.1, 0.15) is 20.8 Å². The van der Waals surface area contributed by atoms with Gasteiger partial charge >= 0.3 is 0 Å². The number of aryl methyl sites for hydroxylation is 1. The van der Waals surface area contributed by atoms with Gasteiger partial charge in [0.25, 0.3) is 0 Å². The van der Waals surface area contributed by atoms with Gasteiger partial charge in [-0.15, -0.1) is 4.91 Å². The third-order valence-corrected chi connectivity index (χ3v) is 2.82. The van der Waals surface area contributed by atoms with E-state index in [0.717, 1.165) is 5.01 Å². The number of halogens is 1. The summed E-state index contributed by atoms with van der Waals surface area (Å²) in [6, 6.07) is 0. The Hall–Kier alpha value is -2.02. The predicted molar refractivity (Wildman–Crippen MR) is 58.3 cm³/mol. The third-order valence-electron chi connectivity index (χ3n) is 2.47. The van der Waals surface area contributed by atoms with Gasteiger partial charge in [0.05, 0.1) is 17.0 Å². The predicted octanol–water partition coefficient (Wildman–Crippen LogP) is 0.863. The van der Waals surface area contributed by atoms with Gasteiger partial charge in [0.2, 0.25) is 11.6 Å². The molecule has 17 heavy (non-hydrogen) atoms. The molecule has 0 saturated heterocycles. The molecule has 0 fully saturated rings. The highest BCUT2D eigenvalue weighted by Crippen LogP contribution is 2.29. The van der Waals surface area contributed by atoms with E-state index in [2.05, 4.69) is 10.4 Å². The smallest absolute Gasteiger partial charge is 0.225 e. The first-order valence-corrected chi connectivity index (χ1v) is 4.95. The van der Waals surface area contributed by atoms with Gasteiger partial charge in [-0.2, -0.15) is 5.10 Å². The molecule has 1 aromatic heterocycles. The van der Waals surface area contributed by atoms with E-state index in [1.807, 2.05) is 0 Å². The maximum absolute atomic E-state index is 12.0. The topological polar surface area (TPSA) is 84.6 Å². The van der Waals surface area contributed by atoms with Crippen molar-refractivity contribution in [3.63, 3.8) is 0 Å². The number of carbonyl (C=O) groups excluding carboxylic acids is 2. The van der Waals surface area contributed by atoms with E-state index in [9.17, 15) is 14.5 Å². The standard InChI is InChI=1S/C9H7ClN4O3/c1-13-6-4(3-11-13)8(15)7(14(2)12-17)5(10)9(6)16/h3H,1-2H3. The molecule has 7 nitrogen and oxygen atoms in total. The Balaban J connectivity index is 2.67. The number of fused-ring (bicyclic) bond motifs is 1. The lowest BCUT2D eigenvalue weighted by atomic mass is 9.99. The van der Waals surface area contributed by atoms with Gasteiger partial charge in [0.1, 0.15) is 16.4 Å². The highest BCUT2D eigenvalue weighted by atomic mass is 35.5. The van der Waals surface area contributed by atoms with E-state index in [1.54, 1.807) is 0 Å². The molecule has 0 unspecified atom stereocenters. The second-order valence-electron chi connectivity index (χ2n) is 3.46. The molecule has 88 valence electrons. The van der Waals surface area contributed by atoms with Gasteiger partial charge in [0.15, 0.2) is 0 Å². The van der Waals surface area contributed by atoms with E-state index < -0.39 is 11.6 Å². The van der Waals surface area contributed by atoms with Crippen molar-refractivity contribution >= 4 is 23.2 Å². The first-order chi connectivity index (χ1) is 7.99. The van der Waals surface area contributed by atoms with Crippen LogP contribution in [0.4, 0.5) is 0 Å². The van der Waals surface area contributed by atoms with E-state index in [-0.39, 0.29) is 22.0 Å². The molecule has 0 bridgehead atoms. The Morgan fingerprint density at radius 3 is 2.65 bits per heavy atom. The monoisotopic (exact) mass is 254 g/mol. The summed E-state index contributed by atoms with van der Waals surface area (Å²) in [6.45, 7) is 0. The lowest BCUT2D eigenvalue weighted by Gasteiger charge is -2.18. The van der Waals surface area contributed by atoms with Gasteiger partial charge in [0, 0.05) is 14.1 Å². The first kappa shape index (κ1) is 11.5. The summed E-state index contributed by atoms with van der Waals surface area (Å²) >= 11 is 5.79. The molecule has 0 aliphatic heterocycles. The summed E-state index contributed by atoms with van der Waals surface area (Å²) in [7, 11) is 2.78. The number of rotatable bonds is 2. The molecule has 1 aliphatic rings. The van der Waals surface area contributed by atoms with Crippen LogP contribution < -0.4 is 0 Å². The molecular weight excluding hydrogens is 248 g/mol. The van der Waals surface area contributed by atoms with Crippen LogP contribution in [0.5, 0.6) is 0 Å². The minimum Gasteiger partial charge on any atom is -0.287 e. The number of aromatic nitrogens is 2. The van der Waals surface area contributed by atoms with Crippen LogP contribution in [0.3, 0.4) is 0 Å². The number of carbonyl (C=O) groups is 2. The minimum atomic E-state index is -0.549. The fourth-order valence-electron chi connectivity index (χ4n) is 1.64. The van der Waals surface area contributed by atoms with Crippen LogP contribution in [0.15, 0.2) is 22.2 Å². The molecule has 0 N–H and O–H groups in total. The normalized spacial score (nSPS) is 15.0. The second kappa shape index (κ2) is 3.77. The van der Waals surface area contributed by atoms with Gasteiger partial charge in [-0.3, -0.25) is 14.3 Å². The number of hydrogen-bond acceptors (Lipinski definition) is 5. The molecule has 2 rings (SSSR count). The molecule has 0 atom stereocenters. The zero-order valence-corrected chi connectivity index (χ0v) is 9.72. The zero-order valence-electron chi connectivity index (χ0n) is 8.97. The first-order valence-electron chi connectivity index (χ1n) is 4.57. The zero-order chi connectivity index (χ0) is 12.7. The van der Waals surface area contributed by atoms with Gasteiger partial charge in [-0.25, -0.2) is 5.01 Å². The molecule has 8 heteroatoms. The van der Waals surface area contributed by atoms with Crippen molar-refractivity contribution in [2.24, 2.45) is 12.3 Å². The number of allylic oxidation sites excluding steroid dienone is 2. The summed E-state index contributed by atoms with van der Waals surface area (Å²) < 4.78 is 1.27. The average Bonchev–Trinajstić information content (AvgIpc) is 2.68. The lowest BCUT2D eigenvalue weighted by Crippen LogP contribution is -2.28. The average molecular weight is 255 g/mol. The van der Waals surface area contributed by atoms with Crippen LogP contribution >= 0.6 is 11.6 Å². The van der Waals surface area contributed by atoms with Gasteiger partial charge in [-0.05, 0) is 0 Å². The SMILES string of the molecule is CN(N=O)C1=C(Cl)C(=O)c2c(cnn2C)C1=O. The van der Waals surface area contributed by atoms with Crippen molar-refractivity contribution in [2.45, 2.75) is 0 Å². The van der Waals surface area contributed by atoms with E-state index >= 15 is 0 Å². The molecule has 0 aromatic carbocycles. The quantitative estimate of drug-likeness (QED) is 0.577. The van der Waals surface area contributed by atoms with E-state index in [4.69, 9.17) is 11.6 Å². The summed E-state index contributed by atoms with van der Waals surface area (Å²) in [5.41, 5.74) is 0.00242. The highest BCUT2D eigenvalue weighted by molar-refractivity contribution is 6.49. The Morgan fingerprint density at radius 1 is 1.41 bits per heavy atom. The Labute approximate surface area is 101 Å². The van der Waals surface area contributed by atoms with E-state index in [1.165, 1.54) is 25.0 Å². The highest BCUT2D eigenvalue weighted by Gasteiger charge is 2.36. The largest absolute Gasteiger partial charge is 0.287 e. The maximum atomic E-state index is 12.0. The van der Waals surface area contributed by atoms with Crippen molar-refractivity contribution in [3.8, 4) is 0 Å². The van der Waals surface area contributed by atoms with Crippen molar-refractivity contribution in [3.05, 3.63) is 33.1 Å². The van der Waals surface area contributed by atoms with Crippen LogP contribution in [0, 0.1) is 4.91 Å². The molecule has 0 radical (unpaired) electrons. The summed E-state index contributed by atoms with van der Waals surface area (Å²) in [6.07, 6.45) is 1.26. The number of Topliss-reactive ketones (excluding diaryl/α,β-unsaturated/α-hetero) is 2. The second-order valence-corrected chi connectivity index (χ2v) is 3.83. The molecule has 0 spiro atoms. The molecule has 1 heterocycles. The Bertz CT molecular complexity index is 575. The van der Waals surface area contributed by atoms with Crippen molar-refractivity contribution in [2.75, 3.05) is 7.05 Å². The fraction of sp³-hybridized carbons (Fsp3) is 0.222. The lowest BCUT2D eigenvalue weighted by molar-refractivity contribution is 0.0950. The van der Waals surface area contributed by atoms with Crippen LogP contribution in [0.2, 0.25) is 0 Å². The van der Waals surface area contributed by atoms with Crippen LogP contribution in [-0.4, -0.2) is 33.4 Å². The molecular formula is C9H7ClN4O3. The summed E-state index contributed by atoms with van der Waals surface area (Å²) in [4.78, 5) is 34.3. The number of ketones is 2. The third kappa shape index (κ3) is 1.47. The molecule has 1 aromatic rings. The Morgan fingerprint density at radius 2 is 2.06 bits per heavy atom. The van der Waals surface area contributed by atoms with Crippen molar-refractivity contribution in [1.29, 1.82) is 0 Å². The number of likely N-dealkylation sites (N-methyl/N-ethyl adjacent to an activating group) is 1. The number of hydrogen-bond donors (Lipinski definition) is 0.